The number of allylic oxidation sites excluding steroid dienone is 1. The summed E-state index contributed by atoms with van der Waals surface area (Å²) in [7, 11) is 0. The first-order valence-corrected chi connectivity index (χ1v) is 33.1. The van der Waals surface area contributed by atoms with E-state index in [0.29, 0.717) is 82.1 Å². The van der Waals surface area contributed by atoms with Crippen LogP contribution in [-0.2, 0) is 28.9 Å². The third-order valence-electron chi connectivity index (χ3n) is 27.7. The SMILES string of the molecule is C[C@]12CC[C@@H]3c4ccc(O)cc4CC[C@H]3[C@@H]1CCC2=O.C[C@]12CC[C@@H]3c4ccc(O)cc4CC[C@H]3[C@@H]1CC[C@@H]2O.C[C@]12CC[C@@H]3c4ccc(O)cc4CC[C@H]3[C@@H]1C[C@@H](O)[C@@H]2O.C[C@]12CC[C@H]3[C@@H](CCC4=CC(=O)CC[C@@]43C)[C@@H]1CC[C@@H]2O. The van der Waals surface area contributed by atoms with Crippen LogP contribution in [0.3, 0.4) is 0 Å². The molecular weight excluding hydrogens is 1020 g/mol. The molecule has 0 bridgehead atoms. The molecule has 0 amide bonds. The second-order valence-corrected chi connectivity index (χ2v) is 30.9. The molecule has 444 valence electrons. The number of phenols is 3. The largest absolute Gasteiger partial charge is 0.508 e. The first-order valence-electron chi connectivity index (χ1n) is 33.1. The van der Waals surface area contributed by atoms with E-state index < -0.39 is 12.2 Å². The minimum absolute atomic E-state index is 0.0322. The number of ketones is 2. The van der Waals surface area contributed by atoms with Crippen LogP contribution in [0.1, 0.15) is 227 Å². The number of carbonyl (C=O) groups is 2. The van der Waals surface area contributed by atoms with Crippen molar-refractivity contribution in [2.45, 2.75) is 237 Å². The van der Waals surface area contributed by atoms with Crippen molar-refractivity contribution in [1.82, 2.24) is 0 Å². The fraction of sp³-hybridized carbons (Fsp3) is 0.699. The lowest BCUT2D eigenvalue weighted by molar-refractivity contribution is -0.129. The van der Waals surface area contributed by atoms with E-state index in [1.807, 2.05) is 36.4 Å². The molecule has 0 heterocycles. The standard InChI is InChI=1S/C19H28O2.C18H24O3.C18H24O2.C18H22O2/c1-18-9-7-13(20)11-12(18)3-4-14-15-5-6-17(21)19(15,2)10-8-16(14)18;1-18-7-6-13-12-5-3-11(19)8-10(12)2-4-14(13)15(18)9-16(20)17(18)21;2*1-18-9-8-14-13-5-3-12(19)10-11(13)2-4-15(14)16(18)6-7-17(18)20/h11,14-17,21H,3-10H2,1-2H3;3,5,8,13-17,19-21H,2,4,6-7,9H2,1H3;3,5,10,14-17,19-20H,2,4,6-9H2,1H3;3,5,10,14-16,19H,2,4,6-9H2,1H3/t14-,15-,16-,17-,18-,19-;13-,14-,15+,16-,17+,18+;14-,15-,16+,17+,18+;14-,15-,16+,18+/m0111/s1. The molecule has 3 aromatic rings. The third kappa shape index (κ3) is 9.16. The summed E-state index contributed by atoms with van der Waals surface area (Å²) in [6.45, 7) is 11.5. The van der Waals surface area contributed by atoms with Gasteiger partial charge in [-0.2, -0.15) is 0 Å². The number of carbonyl (C=O) groups excluding carboxylic acids is 2. The van der Waals surface area contributed by atoms with Crippen LogP contribution >= 0.6 is 0 Å². The molecule has 0 saturated heterocycles. The molecule has 0 unspecified atom stereocenters. The maximum Gasteiger partial charge on any atom is 0.155 e. The number of aryl methyl sites for hydroxylation is 3. The summed E-state index contributed by atoms with van der Waals surface area (Å²) in [5, 5.41) is 70.4. The summed E-state index contributed by atoms with van der Waals surface area (Å²) in [4.78, 5) is 24.0. The molecule has 82 heavy (non-hydrogen) atoms. The number of hydrogen-bond acceptors (Lipinski definition) is 9. The number of aromatic hydroxyl groups is 3. The first kappa shape index (κ1) is 57.1. The molecule has 13 aliphatic carbocycles. The molecule has 9 saturated carbocycles. The van der Waals surface area contributed by atoms with Gasteiger partial charge in [-0.1, -0.05) is 58.4 Å². The van der Waals surface area contributed by atoms with Crippen LogP contribution in [0.15, 0.2) is 66.2 Å². The van der Waals surface area contributed by atoms with E-state index in [9.17, 15) is 45.3 Å². The van der Waals surface area contributed by atoms with Gasteiger partial charge in [0.15, 0.2) is 5.78 Å². The summed E-state index contributed by atoms with van der Waals surface area (Å²) in [6, 6.07) is 17.7. The Bertz CT molecular complexity index is 2980. The normalized spacial score (nSPS) is 44.9. The minimum Gasteiger partial charge on any atom is -0.508 e. The number of hydrogen-bond donors (Lipinski definition) is 7. The van der Waals surface area contributed by atoms with E-state index in [0.717, 1.165) is 127 Å². The number of aliphatic hydroxyl groups is 4. The Morgan fingerprint density at radius 1 is 0.402 bits per heavy atom. The highest BCUT2D eigenvalue weighted by Crippen LogP contribution is 2.67. The van der Waals surface area contributed by atoms with Crippen LogP contribution in [0, 0.1) is 80.3 Å². The van der Waals surface area contributed by atoms with Gasteiger partial charge in [-0.05, 0) is 316 Å². The topological polar surface area (TPSA) is 176 Å². The van der Waals surface area contributed by atoms with Gasteiger partial charge in [-0.15, -0.1) is 0 Å². The van der Waals surface area contributed by atoms with Gasteiger partial charge in [0, 0.05) is 18.3 Å². The molecule has 16 rings (SSSR count). The van der Waals surface area contributed by atoms with Crippen LogP contribution in [0.2, 0.25) is 0 Å². The molecule has 9 heteroatoms. The number of fused-ring (bicyclic) bond motifs is 20. The summed E-state index contributed by atoms with van der Waals surface area (Å²) >= 11 is 0. The Hall–Kier alpha value is -4.02. The quantitative estimate of drug-likeness (QED) is 0.116. The summed E-state index contributed by atoms with van der Waals surface area (Å²) in [6.07, 6.45) is 27.6. The van der Waals surface area contributed by atoms with Gasteiger partial charge in [-0.3, -0.25) is 9.59 Å². The lowest BCUT2D eigenvalue weighted by Crippen LogP contribution is -2.51. The van der Waals surface area contributed by atoms with Crippen LogP contribution in [0.5, 0.6) is 17.2 Å². The third-order valence-corrected chi connectivity index (χ3v) is 27.7. The predicted molar refractivity (Wildman–Crippen MR) is 319 cm³/mol. The van der Waals surface area contributed by atoms with E-state index in [1.54, 1.807) is 6.07 Å². The predicted octanol–water partition coefficient (Wildman–Crippen LogP) is 13.9. The molecule has 3 aromatic carbocycles. The maximum absolute atomic E-state index is 12.3. The Morgan fingerprint density at radius 3 is 1.40 bits per heavy atom. The van der Waals surface area contributed by atoms with Crippen molar-refractivity contribution in [2.24, 2.45) is 80.3 Å². The number of rotatable bonds is 0. The monoisotopic (exact) mass is 1120 g/mol. The number of Topliss-reactive ketones (excluding diaryl/α,β-unsaturated/α-hetero) is 1. The highest BCUT2D eigenvalue weighted by molar-refractivity contribution is 5.91. The first-order chi connectivity index (χ1) is 39.1. The molecule has 21 atom stereocenters. The molecular formula is C73H98O9. The van der Waals surface area contributed by atoms with Crippen LogP contribution < -0.4 is 0 Å². The summed E-state index contributed by atoms with van der Waals surface area (Å²) < 4.78 is 0. The van der Waals surface area contributed by atoms with E-state index in [2.05, 4.69) is 52.8 Å². The van der Waals surface area contributed by atoms with Crippen LogP contribution in [0.4, 0.5) is 0 Å². The van der Waals surface area contributed by atoms with E-state index >= 15 is 0 Å². The molecule has 9 nitrogen and oxygen atoms in total. The average Bonchev–Trinajstić information content (AvgIpc) is 2.58. The molecule has 0 aromatic heterocycles. The van der Waals surface area contributed by atoms with Gasteiger partial charge < -0.3 is 35.7 Å². The lowest BCUT2D eigenvalue weighted by Gasteiger charge is -2.57. The summed E-state index contributed by atoms with van der Waals surface area (Å²) in [5.74, 6) is 9.72. The fourth-order valence-electron chi connectivity index (χ4n) is 23.0. The van der Waals surface area contributed by atoms with Gasteiger partial charge >= 0.3 is 0 Å². The fourth-order valence-corrected chi connectivity index (χ4v) is 23.0. The van der Waals surface area contributed by atoms with E-state index in [1.165, 1.54) is 90.3 Å². The zero-order chi connectivity index (χ0) is 57.4. The minimum atomic E-state index is -0.565. The maximum atomic E-state index is 12.3. The molecule has 9 fully saturated rings. The van der Waals surface area contributed by atoms with Gasteiger partial charge in [0.1, 0.15) is 23.0 Å². The Morgan fingerprint density at radius 2 is 0.854 bits per heavy atom. The molecule has 13 aliphatic rings. The van der Waals surface area contributed by atoms with Gasteiger partial charge in [0.25, 0.3) is 0 Å². The number of phenolic OH excluding ortho intramolecular Hbond substituents is 3. The second-order valence-electron chi connectivity index (χ2n) is 30.9. The molecule has 7 N–H and O–H groups in total. The zero-order valence-corrected chi connectivity index (χ0v) is 50.1. The van der Waals surface area contributed by atoms with Gasteiger partial charge in [0.05, 0.1) is 24.4 Å². The zero-order valence-electron chi connectivity index (χ0n) is 50.1. The van der Waals surface area contributed by atoms with Crippen LogP contribution in [-0.4, -0.2) is 71.7 Å². The number of benzene rings is 3. The highest BCUT2D eigenvalue weighted by atomic mass is 16.3. The molecule has 0 radical (unpaired) electrons. The lowest BCUT2D eigenvalue weighted by atomic mass is 9.47. The van der Waals surface area contributed by atoms with Crippen molar-refractivity contribution in [1.29, 1.82) is 0 Å². The van der Waals surface area contributed by atoms with Crippen molar-refractivity contribution in [3.63, 3.8) is 0 Å². The second kappa shape index (κ2) is 21.1. The highest BCUT2D eigenvalue weighted by Gasteiger charge is 2.61. The Labute approximate surface area is 489 Å². The van der Waals surface area contributed by atoms with Crippen molar-refractivity contribution in [2.75, 3.05) is 0 Å². The van der Waals surface area contributed by atoms with Crippen molar-refractivity contribution in [3.05, 3.63) is 99.6 Å². The Kier molecular flexibility index (Phi) is 14.7. The van der Waals surface area contributed by atoms with Crippen molar-refractivity contribution in [3.8, 4) is 17.2 Å². The molecule has 0 spiro atoms. The summed E-state index contributed by atoms with van der Waals surface area (Å²) in [5.41, 5.74) is 10.2. The smallest absolute Gasteiger partial charge is 0.155 e. The van der Waals surface area contributed by atoms with Crippen LogP contribution in [0.25, 0.3) is 0 Å². The van der Waals surface area contributed by atoms with Crippen molar-refractivity contribution >= 4 is 11.6 Å². The molecule has 0 aliphatic heterocycles. The van der Waals surface area contributed by atoms with E-state index in [4.69, 9.17) is 0 Å². The van der Waals surface area contributed by atoms with Gasteiger partial charge in [0.2, 0.25) is 0 Å². The average molecular weight is 1120 g/mol. The van der Waals surface area contributed by atoms with E-state index in [-0.39, 0.29) is 39.3 Å². The van der Waals surface area contributed by atoms with Crippen molar-refractivity contribution < 1.29 is 45.3 Å². The Balaban J connectivity index is 0.000000103. The number of aliphatic hydroxyl groups excluding tert-OH is 4. The van der Waals surface area contributed by atoms with Gasteiger partial charge in [-0.25, -0.2) is 0 Å².